The van der Waals surface area contributed by atoms with Gasteiger partial charge >= 0.3 is 0 Å². The molecule has 0 spiro atoms. The molecule has 1 fully saturated rings. The van der Waals surface area contributed by atoms with Crippen molar-refractivity contribution in [2.24, 2.45) is 5.73 Å². The van der Waals surface area contributed by atoms with Crippen LogP contribution in [0.25, 0.3) is 5.57 Å². The molecule has 0 unspecified atom stereocenters. The highest BCUT2D eigenvalue weighted by Crippen LogP contribution is 2.35. The lowest BCUT2D eigenvalue weighted by molar-refractivity contribution is 0.302. The topological polar surface area (TPSA) is 26.0 Å². The zero-order valence-corrected chi connectivity index (χ0v) is 10.1. The third-order valence-corrected chi connectivity index (χ3v) is 3.68. The van der Waals surface area contributed by atoms with Crippen molar-refractivity contribution in [1.82, 2.24) is 0 Å². The van der Waals surface area contributed by atoms with Crippen LogP contribution in [0.2, 0.25) is 0 Å². The number of nitrogens with two attached hydrogens (primary N) is 1. The molecule has 2 rings (SSSR count). The van der Waals surface area contributed by atoms with Crippen LogP contribution in [0.15, 0.2) is 30.8 Å². The molecule has 0 saturated heterocycles. The maximum atomic E-state index is 6.52. The molecule has 0 heterocycles. The molecule has 1 heteroatoms. The van der Waals surface area contributed by atoms with E-state index in [1.54, 1.807) is 0 Å². The summed E-state index contributed by atoms with van der Waals surface area (Å²) in [7, 11) is 0. The second kappa shape index (κ2) is 4.42. The van der Waals surface area contributed by atoms with Crippen LogP contribution in [-0.4, -0.2) is 0 Å². The molecule has 0 radical (unpaired) electrons. The third kappa shape index (κ3) is 2.19. The van der Waals surface area contributed by atoms with Crippen LogP contribution in [0, 0.1) is 0 Å². The van der Waals surface area contributed by atoms with Gasteiger partial charge in [0.15, 0.2) is 0 Å². The van der Waals surface area contributed by atoms with E-state index in [-0.39, 0.29) is 5.54 Å². The van der Waals surface area contributed by atoms with Crippen LogP contribution in [0.5, 0.6) is 0 Å². The van der Waals surface area contributed by atoms with Gasteiger partial charge in [-0.05, 0) is 37.0 Å². The van der Waals surface area contributed by atoms with Gasteiger partial charge < -0.3 is 5.73 Å². The van der Waals surface area contributed by atoms with Crippen LogP contribution < -0.4 is 5.73 Å². The minimum atomic E-state index is -0.0935. The molecule has 0 aliphatic heterocycles. The van der Waals surface area contributed by atoms with Crippen LogP contribution in [0.1, 0.15) is 50.2 Å². The van der Waals surface area contributed by atoms with Gasteiger partial charge in [-0.25, -0.2) is 0 Å². The van der Waals surface area contributed by atoms with Crippen molar-refractivity contribution in [2.45, 2.75) is 44.6 Å². The molecule has 1 aliphatic carbocycles. The minimum Gasteiger partial charge on any atom is -0.321 e. The van der Waals surface area contributed by atoms with E-state index in [1.165, 1.54) is 30.4 Å². The number of hydrogen-bond donors (Lipinski definition) is 1. The summed E-state index contributed by atoms with van der Waals surface area (Å²) in [5, 5.41) is 0. The Hall–Kier alpha value is -1.08. The van der Waals surface area contributed by atoms with Gasteiger partial charge in [-0.1, -0.05) is 49.6 Å². The first-order valence-electron chi connectivity index (χ1n) is 6.17. The van der Waals surface area contributed by atoms with Crippen LogP contribution in [0.3, 0.4) is 0 Å². The van der Waals surface area contributed by atoms with Gasteiger partial charge in [-0.3, -0.25) is 0 Å². The normalized spacial score (nSPS) is 19.4. The Morgan fingerprint density at radius 3 is 2.56 bits per heavy atom. The van der Waals surface area contributed by atoms with Crippen molar-refractivity contribution < 1.29 is 0 Å². The molecular weight excluding hydrogens is 194 g/mol. The molecule has 2 N–H and O–H groups in total. The SMILES string of the molecule is C=C(C)c1cccc(C2(N)CCCCC2)c1. The number of rotatable bonds is 2. The molecule has 1 saturated carbocycles. The first-order valence-corrected chi connectivity index (χ1v) is 6.17. The summed E-state index contributed by atoms with van der Waals surface area (Å²) >= 11 is 0. The Kier molecular flexibility index (Phi) is 3.15. The summed E-state index contributed by atoms with van der Waals surface area (Å²) < 4.78 is 0. The van der Waals surface area contributed by atoms with Crippen molar-refractivity contribution in [3.63, 3.8) is 0 Å². The van der Waals surface area contributed by atoms with E-state index in [0.29, 0.717) is 0 Å². The highest BCUT2D eigenvalue weighted by Gasteiger charge is 2.29. The molecule has 86 valence electrons. The quantitative estimate of drug-likeness (QED) is 0.797. The Bertz CT molecular complexity index is 386. The van der Waals surface area contributed by atoms with Crippen molar-refractivity contribution in [3.8, 4) is 0 Å². The average molecular weight is 215 g/mol. The number of allylic oxidation sites excluding steroid dienone is 1. The smallest absolute Gasteiger partial charge is 0.0409 e. The van der Waals surface area contributed by atoms with E-state index in [4.69, 9.17) is 5.73 Å². The van der Waals surface area contributed by atoms with Crippen molar-refractivity contribution >= 4 is 5.57 Å². The molecular formula is C15H21N. The van der Waals surface area contributed by atoms with E-state index in [9.17, 15) is 0 Å². The second-order valence-corrected chi connectivity index (χ2v) is 5.08. The minimum absolute atomic E-state index is 0.0935. The Morgan fingerprint density at radius 2 is 1.94 bits per heavy atom. The molecule has 0 amide bonds. The zero-order chi connectivity index (χ0) is 11.6. The fraction of sp³-hybridized carbons (Fsp3) is 0.467. The number of benzene rings is 1. The van der Waals surface area contributed by atoms with Gasteiger partial charge in [0.1, 0.15) is 0 Å². The highest BCUT2D eigenvalue weighted by molar-refractivity contribution is 5.62. The highest BCUT2D eigenvalue weighted by atomic mass is 14.7. The van der Waals surface area contributed by atoms with Gasteiger partial charge in [0, 0.05) is 5.54 Å². The van der Waals surface area contributed by atoms with E-state index >= 15 is 0 Å². The predicted octanol–water partition coefficient (Wildman–Crippen LogP) is 3.84. The monoisotopic (exact) mass is 215 g/mol. The summed E-state index contributed by atoms with van der Waals surface area (Å²) in [6.45, 7) is 6.04. The molecule has 1 aromatic rings. The van der Waals surface area contributed by atoms with Gasteiger partial charge in [0.2, 0.25) is 0 Å². The summed E-state index contributed by atoms with van der Waals surface area (Å²) in [4.78, 5) is 0. The molecule has 1 nitrogen and oxygen atoms in total. The average Bonchev–Trinajstić information content (AvgIpc) is 2.30. The zero-order valence-electron chi connectivity index (χ0n) is 10.1. The largest absolute Gasteiger partial charge is 0.321 e. The first kappa shape index (κ1) is 11.4. The lowest BCUT2D eigenvalue weighted by Gasteiger charge is -2.34. The molecule has 1 aromatic carbocycles. The maximum Gasteiger partial charge on any atom is 0.0409 e. The summed E-state index contributed by atoms with van der Waals surface area (Å²) in [6, 6.07) is 8.59. The molecule has 0 bridgehead atoms. The predicted molar refractivity (Wildman–Crippen MR) is 70.1 cm³/mol. The third-order valence-electron chi connectivity index (χ3n) is 3.68. The maximum absolute atomic E-state index is 6.52. The van der Waals surface area contributed by atoms with Gasteiger partial charge in [0.05, 0.1) is 0 Å². The van der Waals surface area contributed by atoms with Crippen molar-refractivity contribution in [2.75, 3.05) is 0 Å². The first-order chi connectivity index (χ1) is 7.62. The Morgan fingerprint density at radius 1 is 1.25 bits per heavy atom. The van der Waals surface area contributed by atoms with E-state index < -0.39 is 0 Å². The van der Waals surface area contributed by atoms with E-state index in [0.717, 1.165) is 18.4 Å². The lowest BCUT2D eigenvalue weighted by atomic mass is 9.77. The fourth-order valence-corrected chi connectivity index (χ4v) is 2.57. The van der Waals surface area contributed by atoms with Gasteiger partial charge in [-0.2, -0.15) is 0 Å². The second-order valence-electron chi connectivity index (χ2n) is 5.08. The standard InChI is InChI=1S/C15H21N/c1-12(2)13-7-6-8-14(11-13)15(16)9-4-3-5-10-15/h6-8,11H,1,3-5,9-10,16H2,2H3. The van der Waals surface area contributed by atoms with E-state index in [2.05, 4.69) is 30.8 Å². The molecule has 0 aromatic heterocycles. The molecule has 16 heavy (non-hydrogen) atoms. The fourth-order valence-electron chi connectivity index (χ4n) is 2.57. The van der Waals surface area contributed by atoms with E-state index in [1.807, 2.05) is 6.92 Å². The molecule has 0 atom stereocenters. The Labute approximate surface area is 98.4 Å². The van der Waals surface area contributed by atoms with Crippen LogP contribution >= 0.6 is 0 Å². The van der Waals surface area contributed by atoms with Gasteiger partial charge in [0.25, 0.3) is 0 Å². The van der Waals surface area contributed by atoms with Crippen LogP contribution in [-0.2, 0) is 5.54 Å². The molecule has 1 aliphatic rings. The summed E-state index contributed by atoms with van der Waals surface area (Å²) in [6.07, 6.45) is 6.08. The summed E-state index contributed by atoms with van der Waals surface area (Å²) in [5.74, 6) is 0. The number of hydrogen-bond acceptors (Lipinski definition) is 1. The van der Waals surface area contributed by atoms with Gasteiger partial charge in [-0.15, -0.1) is 0 Å². The van der Waals surface area contributed by atoms with Crippen molar-refractivity contribution in [1.29, 1.82) is 0 Å². The van der Waals surface area contributed by atoms with Crippen molar-refractivity contribution in [3.05, 3.63) is 42.0 Å². The van der Waals surface area contributed by atoms with Crippen LogP contribution in [0.4, 0.5) is 0 Å². The Balaban J connectivity index is 2.31. The summed E-state index contributed by atoms with van der Waals surface area (Å²) in [5.41, 5.74) is 10.0. The lowest BCUT2D eigenvalue weighted by Crippen LogP contribution is -2.38.